The Kier molecular flexibility index (Phi) is 19.8. The number of sulfone groups is 1. The molecule has 1 unspecified atom stereocenters. The lowest BCUT2D eigenvalue weighted by molar-refractivity contribution is -0.426. The molecule has 2 rings (SSSR count). The van der Waals surface area contributed by atoms with Gasteiger partial charge in [-0.05, 0) is 85.6 Å². The van der Waals surface area contributed by atoms with E-state index >= 15 is 8.42 Å². The van der Waals surface area contributed by atoms with Crippen LogP contribution in [-0.2, 0) is 47.1 Å². The number of hydrogen-bond acceptors (Lipinski definition) is 10. The van der Waals surface area contributed by atoms with Crippen molar-refractivity contribution in [3.8, 4) is 0 Å². The van der Waals surface area contributed by atoms with Gasteiger partial charge in [-0.2, -0.15) is 0 Å². The van der Waals surface area contributed by atoms with Gasteiger partial charge in [0.25, 0.3) is 0 Å². The van der Waals surface area contributed by atoms with E-state index in [1.54, 1.807) is 66.6 Å². The molecule has 13 heteroatoms. The molecule has 0 spiro atoms. The van der Waals surface area contributed by atoms with Crippen LogP contribution in [0.3, 0.4) is 0 Å². The van der Waals surface area contributed by atoms with Gasteiger partial charge in [-0.15, -0.1) is 0 Å². The number of benzene rings is 1. The second-order valence-electron chi connectivity index (χ2n) is 19.9. The van der Waals surface area contributed by atoms with Crippen LogP contribution in [0, 0.1) is 11.8 Å². The fourth-order valence-electron chi connectivity index (χ4n) is 8.90. The summed E-state index contributed by atoms with van der Waals surface area (Å²) in [6, 6.07) is 8.77. The molecule has 1 aliphatic rings. The van der Waals surface area contributed by atoms with Gasteiger partial charge < -0.3 is 37.3 Å². The topological polar surface area (TPSA) is 108 Å². The highest BCUT2D eigenvalue weighted by Gasteiger charge is 2.54. The van der Waals surface area contributed by atoms with Crippen LogP contribution < -0.4 is 0 Å². The SMILES string of the molecule is C=C(/C=C(\C)[C@@H](C)[C@H](CC([C@@H](C)CC(CCO[Si](C(C)C)(C(C)C)C(C)C)(OC)OC)S(=O)(=O)c1ccccc1)O[Si](C)(C)C(C)(C)C)[C@@H]1CO[C@@](C)(OC)[C@](C)(OC)O1. The van der Waals surface area contributed by atoms with Crippen LogP contribution in [0.1, 0.15) is 116 Å². The largest absolute Gasteiger partial charge is 0.416 e. The molecule has 1 aromatic carbocycles. The van der Waals surface area contributed by atoms with Gasteiger partial charge in [0.05, 0.1) is 22.9 Å². The summed E-state index contributed by atoms with van der Waals surface area (Å²) < 4.78 is 80.8. The first-order chi connectivity index (χ1) is 27.5. The zero-order valence-electron chi connectivity index (χ0n) is 41.3. The normalized spacial score (nSPS) is 23.6. The molecule has 1 aromatic rings. The van der Waals surface area contributed by atoms with Crippen LogP contribution in [-0.4, -0.2) is 102 Å². The molecule has 0 radical (unpaired) electrons. The molecule has 0 bridgehead atoms. The molecule has 0 saturated carbocycles. The molecule has 7 atom stereocenters. The van der Waals surface area contributed by atoms with Gasteiger partial charge in [0.15, 0.2) is 32.3 Å². The molecule has 0 aromatic heterocycles. The third-order valence-electron chi connectivity index (χ3n) is 14.3. The van der Waals surface area contributed by atoms with Gasteiger partial charge in [-0.1, -0.05) is 113 Å². The molecular formula is C47H86O10SSi2. The Balaban J connectivity index is 2.66. The molecule has 1 saturated heterocycles. The third-order valence-corrected chi connectivity index (χ3v) is 27.3. The van der Waals surface area contributed by atoms with Crippen LogP contribution in [0.4, 0.5) is 0 Å². The van der Waals surface area contributed by atoms with E-state index in [0.29, 0.717) is 41.6 Å². The first-order valence-corrected chi connectivity index (χ1v) is 28.6. The summed E-state index contributed by atoms with van der Waals surface area (Å²) in [4.78, 5) is 0.283. The van der Waals surface area contributed by atoms with Crippen LogP contribution >= 0.6 is 0 Å². The number of hydrogen-bond donors (Lipinski definition) is 0. The minimum Gasteiger partial charge on any atom is -0.416 e. The van der Waals surface area contributed by atoms with E-state index in [0.717, 1.165) is 5.57 Å². The Hall–Kier alpha value is -1.24. The van der Waals surface area contributed by atoms with Gasteiger partial charge in [0.2, 0.25) is 11.6 Å². The van der Waals surface area contributed by atoms with Crippen LogP contribution in [0.15, 0.2) is 59.0 Å². The second-order valence-corrected chi connectivity index (χ2v) is 32.3. The summed E-state index contributed by atoms with van der Waals surface area (Å²) in [6.45, 7) is 39.5. The van der Waals surface area contributed by atoms with Gasteiger partial charge in [-0.25, -0.2) is 8.42 Å². The summed E-state index contributed by atoms with van der Waals surface area (Å²) in [5, 5.41) is -0.961. The van der Waals surface area contributed by atoms with E-state index < -0.39 is 67.2 Å². The standard InChI is InChI=1S/C47H86O10SSi2/c1-33(2)60(34(3)4,35(5)6)55-28-27-47(52-18,53-19)31-38(9)43(58(48,49)40-25-23-22-24-26-40)30-41(57-59(20,21)44(11,12)13)39(10)36(7)29-37(8)42-32-54-45(14,50-16)46(15,51-17)56-42/h22-26,29,33-35,38-39,41-43H,8,27-28,30-32H2,1-7,9-21H3/b36-29+/t38-,39+,41-,42-,43?,45+,46+/m0/s1. The Morgan fingerprint density at radius 2 is 1.42 bits per heavy atom. The van der Waals surface area contributed by atoms with E-state index in [-0.39, 0.29) is 28.9 Å². The summed E-state index contributed by atoms with van der Waals surface area (Å²) in [5.74, 6) is -3.95. The van der Waals surface area contributed by atoms with Crippen molar-refractivity contribution in [1.82, 2.24) is 0 Å². The van der Waals surface area contributed by atoms with Crippen molar-refractivity contribution in [2.75, 3.05) is 41.7 Å². The smallest absolute Gasteiger partial charge is 0.220 e. The van der Waals surface area contributed by atoms with Crippen LogP contribution in [0.5, 0.6) is 0 Å². The molecule has 0 aliphatic carbocycles. The van der Waals surface area contributed by atoms with E-state index in [2.05, 4.69) is 95.8 Å². The maximum Gasteiger partial charge on any atom is 0.220 e. The Morgan fingerprint density at radius 1 is 0.900 bits per heavy atom. The van der Waals surface area contributed by atoms with Crippen molar-refractivity contribution in [3.05, 3.63) is 54.1 Å². The lowest BCUT2D eigenvalue weighted by Gasteiger charge is -2.49. The van der Waals surface area contributed by atoms with E-state index in [4.69, 9.17) is 37.3 Å². The first kappa shape index (κ1) is 54.9. The van der Waals surface area contributed by atoms with Gasteiger partial charge in [0, 0.05) is 53.8 Å². The molecule has 1 heterocycles. The van der Waals surface area contributed by atoms with E-state index in [9.17, 15) is 0 Å². The summed E-state index contributed by atoms with van der Waals surface area (Å²) in [5.41, 5.74) is 2.97. The first-order valence-electron chi connectivity index (χ1n) is 22.0. The number of ether oxygens (including phenoxy) is 6. The zero-order valence-corrected chi connectivity index (χ0v) is 44.1. The molecule has 10 nitrogen and oxygen atoms in total. The highest BCUT2D eigenvalue weighted by molar-refractivity contribution is 7.92. The van der Waals surface area contributed by atoms with Crippen molar-refractivity contribution in [1.29, 1.82) is 0 Å². The van der Waals surface area contributed by atoms with Crippen molar-refractivity contribution in [3.63, 3.8) is 0 Å². The van der Waals surface area contributed by atoms with Crippen molar-refractivity contribution in [2.24, 2.45) is 11.8 Å². The number of methoxy groups -OCH3 is 4. The Bertz CT molecular complexity index is 1610. The average molecular weight is 899 g/mol. The fourth-order valence-corrected chi connectivity index (χ4v) is 17.8. The minimum absolute atomic E-state index is 0.126. The summed E-state index contributed by atoms with van der Waals surface area (Å²) >= 11 is 0. The maximum absolute atomic E-state index is 15.0. The maximum atomic E-state index is 15.0. The molecule has 1 aliphatic heterocycles. The molecule has 60 heavy (non-hydrogen) atoms. The summed E-state index contributed by atoms with van der Waals surface area (Å²) in [7, 11) is -2.07. The lowest BCUT2D eigenvalue weighted by Crippen LogP contribution is -2.62. The predicted molar refractivity (Wildman–Crippen MR) is 250 cm³/mol. The molecule has 348 valence electrons. The minimum atomic E-state index is -3.88. The monoisotopic (exact) mass is 899 g/mol. The van der Waals surface area contributed by atoms with Crippen molar-refractivity contribution < 1.29 is 45.7 Å². The lowest BCUT2D eigenvalue weighted by atomic mass is 9.87. The Labute approximate surface area is 369 Å². The molecule has 0 amide bonds. The highest BCUT2D eigenvalue weighted by Crippen LogP contribution is 2.45. The summed E-state index contributed by atoms with van der Waals surface area (Å²) in [6.07, 6.45) is 2.12. The highest BCUT2D eigenvalue weighted by atomic mass is 32.2. The van der Waals surface area contributed by atoms with Gasteiger partial charge in [0.1, 0.15) is 6.10 Å². The quantitative estimate of drug-likeness (QED) is 0.0565. The van der Waals surface area contributed by atoms with Gasteiger partial charge >= 0.3 is 0 Å². The Morgan fingerprint density at radius 3 is 1.87 bits per heavy atom. The average Bonchev–Trinajstić information content (AvgIpc) is 3.17. The van der Waals surface area contributed by atoms with Crippen LogP contribution in [0.25, 0.3) is 0 Å². The van der Waals surface area contributed by atoms with E-state index in [1.807, 2.05) is 19.1 Å². The number of rotatable bonds is 24. The predicted octanol–water partition coefficient (Wildman–Crippen LogP) is 11.5. The van der Waals surface area contributed by atoms with Gasteiger partial charge in [-0.3, -0.25) is 0 Å². The second kappa shape index (κ2) is 21.6. The van der Waals surface area contributed by atoms with Crippen molar-refractivity contribution in [2.45, 2.75) is 191 Å². The molecule has 1 fully saturated rings. The van der Waals surface area contributed by atoms with Crippen LogP contribution in [0.2, 0.25) is 34.8 Å². The fraction of sp³-hybridized carbons (Fsp3) is 0.787. The molecule has 0 N–H and O–H groups in total. The molecular weight excluding hydrogens is 813 g/mol. The van der Waals surface area contributed by atoms with E-state index in [1.165, 1.54) is 0 Å². The zero-order chi connectivity index (χ0) is 46.3. The third kappa shape index (κ3) is 12.3. The van der Waals surface area contributed by atoms with Crippen molar-refractivity contribution >= 4 is 26.5 Å².